The van der Waals surface area contributed by atoms with Gasteiger partial charge in [0, 0.05) is 27.7 Å². The molecule has 0 bridgehead atoms. The SMILES string of the molecule is O=C(/C=C(\O)c1cn(S(=O)(=O)c2ccccc2)c2ccc(Br)cc12)c1ncn[nH]1. The average Bonchev–Trinajstić information content (AvgIpc) is 3.37. The number of rotatable bonds is 5. The summed E-state index contributed by atoms with van der Waals surface area (Å²) in [5.41, 5.74) is 0.549. The van der Waals surface area contributed by atoms with Gasteiger partial charge in [-0.15, -0.1) is 0 Å². The lowest BCUT2D eigenvalue weighted by molar-refractivity contribution is 0.103. The van der Waals surface area contributed by atoms with Crippen molar-refractivity contribution in [1.29, 1.82) is 0 Å². The lowest BCUT2D eigenvalue weighted by Gasteiger charge is -2.07. The van der Waals surface area contributed by atoms with Gasteiger partial charge in [0.2, 0.25) is 5.78 Å². The molecule has 0 aliphatic carbocycles. The molecular formula is C19H13BrN4O4S. The monoisotopic (exact) mass is 472 g/mol. The maximum absolute atomic E-state index is 13.1. The van der Waals surface area contributed by atoms with Gasteiger partial charge in [-0.3, -0.25) is 9.89 Å². The van der Waals surface area contributed by atoms with Crippen LogP contribution in [0.25, 0.3) is 16.7 Å². The summed E-state index contributed by atoms with van der Waals surface area (Å²) < 4.78 is 28.1. The number of hydrogen-bond donors (Lipinski definition) is 2. The van der Waals surface area contributed by atoms with Gasteiger partial charge < -0.3 is 5.11 Å². The van der Waals surface area contributed by atoms with Gasteiger partial charge in [-0.25, -0.2) is 17.4 Å². The van der Waals surface area contributed by atoms with Crippen LogP contribution >= 0.6 is 15.9 Å². The van der Waals surface area contributed by atoms with Crippen LogP contribution in [0.2, 0.25) is 0 Å². The minimum atomic E-state index is -3.91. The van der Waals surface area contributed by atoms with Crippen LogP contribution in [-0.4, -0.2) is 38.5 Å². The molecule has 146 valence electrons. The molecule has 0 radical (unpaired) electrons. The molecule has 0 atom stereocenters. The zero-order valence-electron chi connectivity index (χ0n) is 14.7. The fraction of sp³-hybridized carbons (Fsp3) is 0. The van der Waals surface area contributed by atoms with Gasteiger partial charge in [0.15, 0.2) is 5.82 Å². The Kier molecular flexibility index (Phi) is 4.81. The molecule has 4 aromatic rings. The van der Waals surface area contributed by atoms with Crippen molar-refractivity contribution in [3.63, 3.8) is 0 Å². The van der Waals surface area contributed by atoms with Crippen LogP contribution in [-0.2, 0) is 10.0 Å². The summed E-state index contributed by atoms with van der Waals surface area (Å²) in [6.45, 7) is 0. The minimum absolute atomic E-state index is 0.0432. The third kappa shape index (κ3) is 3.47. The third-order valence-corrected chi connectivity index (χ3v) is 6.41. The van der Waals surface area contributed by atoms with Crippen molar-refractivity contribution in [1.82, 2.24) is 19.2 Å². The van der Waals surface area contributed by atoms with Gasteiger partial charge in [0.05, 0.1) is 10.4 Å². The molecule has 10 heteroatoms. The number of aromatic amines is 1. The van der Waals surface area contributed by atoms with Crippen molar-refractivity contribution in [3.8, 4) is 0 Å². The van der Waals surface area contributed by atoms with E-state index in [2.05, 4.69) is 31.1 Å². The molecule has 0 aliphatic rings. The minimum Gasteiger partial charge on any atom is -0.507 e. The Morgan fingerprint density at radius 1 is 1.17 bits per heavy atom. The van der Waals surface area contributed by atoms with Gasteiger partial charge in [0.25, 0.3) is 10.0 Å². The van der Waals surface area contributed by atoms with Crippen molar-refractivity contribution in [3.05, 3.63) is 83.0 Å². The molecule has 2 aromatic heterocycles. The van der Waals surface area contributed by atoms with Crippen LogP contribution in [0, 0.1) is 0 Å². The Balaban J connectivity index is 1.90. The van der Waals surface area contributed by atoms with Crippen molar-refractivity contribution in [2.24, 2.45) is 0 Å². The van der Waals surface area contributed by atoms with Gasteiger partial charge in [-0.1, -0.05) is 34.1 Å². The number of hydrogen-bond acceptors (Lipinski definition) is 6. The average molecular weight is 473 g/mol. The van der Waals surface area contributed by atoms with Crippen LogP contribution in [0.3, 0.4) is 0 Å². The largest absolute Gasteiger partial charge is 0.507 e. The van der Waals surface area contributed by atoms with Crippen molar-refractivity contribution in [2.45, 2.75) is 4.90 Å². The summed E-state index contributed by atoms with van der Waals surface area (Å²) in [5, 5.41) is 17.1. The fourth-order valence-electron chi connectivity index (χ4n) is 2.88. The summed E-state index contributed by atoms with van der Waals surface area (Å²) >= 11 is 3.35. The number of benzene rings is 2. The molecule has 0 spiro atoms. The number of nitrogens with one attached hydrogen (secondary N) is 1. The van der Waals surface area contributed by atoms with Crippen LogP contribution in [0.5, 0.6) is 0 Å². The fourth-order valence-corrected chi connectivity index (χ4v) is 4.63. The highest BCUT2D eigenvalue weighted by Crippen LogP contribution is 2.31. The quantitative estimate of drug-likeness (QED) is 0.260. The third-order valence-electron chi connectivity index (χ3n) is 4.22. The highest BCUT2D eigenvalue weighted by atomic mass is 79.9. The summed E-state index contributed by atoms with van der Waals surface area (Å²) in [7, 11) is -3.91. The molecule has 0 amide bonds. The van der Waals surface area contributed by atoms with E-state index in [9.17, 15) is 18.3 Å². The molecular weight excluding hydrogens is 460 g/mol. The van der Waals surface area contributed by atoms with Crippen LogP contribution in [0.15, 0.2) is 76.5 Å². The molecule has 29 heavy (non-hydrogen) atoms. The molecule has 0 aliphatic heterocycles. The smallest absolute Gasteiger partial charge is 0.268 e. The number of aromatic nitrogens is 4. The molecule has 2 aromatic carbocycles. The summed E-state index contributed by atoms with van der Waals surface area (Å²) in [4.78, 5) is 16.1. The van der Waals surface area contributed by atoms with E-state index in [0.29, 0.717) is 15.4 Å². The van der Waals surface area contributed by atoms with Gasteiger partial charge >= 0.3 is 0 Å². The number of allylic oxidation sites excluding steroid dienone is 1. The Morgan fingerprint density at radius 2 is 1.93 bits per heavy atom. The topological polar surface area (TPSA) is 118 Å². The van der Waals surface area contributed by atoms with E-state index in [1.54, 1.807) is 36.4 Å². The standard InChI is InChI=1S/C19H13BrN4O4S/c20-12-6-7-16-14(8-12)15(17(25)9-18(26)19-21-11-22-23-19)10-24(16)29(27,28)13-4-2-1-3-5-13/h1-11,25H,(H,21,22,23)/b17-9-. The van der Waals surface area contributed by atoms with Gasteiger partial charge in [0.1, 0.15) is 12.1 Å². The molecule has 0 unspecified atom stereocenters. The van der Waals surface area contributed by atoms with Crippen molar-refractivity contribution < 1.29 is 18.3 Å². The number of aliphatic hydroxyl groups is 1. The normalized spacial score (nSPS) is 12.4. The van der Waals surface area contributed by atoms with Crippen LogP contribution in [0.1, 0.15) is 16.2 Å². The van der Waals surface area contributed by atoms with Crippen molar-refractivity contribution >= 4 is 48.4 Å². The molecule has 2 heterocycles. The Hall–Kier alpha value is -3.24. The Labute approximate surface area is 173 Å². The molecule has 0 saturated carbocycles. The highest BCUT2D eigenvalue weighted by molar-refractivity contribution is 9.10. The lowest BCUT2D eigenvalue weighted by Crippen LogP contribution is -2.11. The number of aliphatic hydroxyl groups excluding tert-OH is 1. The summed E-state index contributed by atoms with van der Waals surface area (Å²) in [6, 6.07) is 12.9. The molecule has 8 nitrogen and oxygen atoms in total. The van der Waals surface area contributed by atoms with Crippen LogP contribution < -0.4 is 0 Å². The second-order valence-corrected chi connectivity index (χ2v) is 8.78. The summed E-state index contributed by atoms with van der Waals surface area (Å²) in [5.74, 6) is -1.03. The second kappa shape index (κ2) is 7.30. The number of fused-ring (bicyclic) bond motifs is 1. The number of nitrogens with zero attached hydrogens (tertiary/aromatic N) is 3. The predicted octanol–water partition coefficient (Wildman–Crippen LogP) is 3.54. The zero-order valence-corrected chi connectivity index (χ0v) is 17.1. The second-order valence-electron chi connectivity index (χ2n) is 6.05. The van der Waals surface area contributed by atoms with Crippen LogP contribution in [0.4, 0.5) is 0 Å². The number of H-pyrrole nitrogens is 1. The predicted molar refractivity (Wildman–Crippen MR) is 110 cm³/mol. The Morgan fingerprint density at radius 3 is 2.62 bits per heavy atom. The van der Waals surface area contributed by atoms with E-state index >= 15 is 0 Å². The van der Waals surface area contributed by atoms with E-state index in [1.165, 1.54) is 24.7 Å². The number of carbonyl (C=O) groups is 1. The number of halogens is 1. The van der Waals surface area contributed by atoms with E-state index in [1.807, 2.05) is 0 Å². The van der Waals surface area contributed by atoms with E-state index in [-0.39, 0.29) is 16.3 Å². The van der Waals surface area contributed by atoms with Crippen molar-refractivity contribution in [2.75, 3.05) is 0 Å². The number of carbonyl (C=O) groups excluding carboxylic acids is 1. The first kappa shape index (κ1) is 19.1. The lowest BCUT2D eigenvalue weighted by atomic mass is 10.1. The molecule has 2 N–H and O–H groups in total. The van der Waals surface area contributed by atoms with E-state index in [4.69, 9.17) is 0 Å². The number of ketones is 1. The summed E-state index contributed by atoms with van der Waals surface area (Å²) in [6.07, 6.45) is 3.43. The highest BCUT2D eigenvalue weighted by Gasteiger charge is 2.23. The molecule has 0 saturated heterocycles. The van der Waals surface area contributed by atoms with Gasteiger partial charge in [-0.05, 0) is 30.3 Å². The first-order valence-corrected chi connectivity index (χ1v) is 10.5. The van der Waals surface area contributed by atoms with Gasteiger partial charge in [-0.2, -0.15) is 5.10 Å². The zero-order chi connectivity index (χ0) is 20.6. The maximum Gasteiger partial charge on any atom is 0.268 e. The molecule has 0 fully saturated rings. The first-order valence-electron chi connectivity index (χ1n) is 8.30. The molecule has 4 rings (SSSR count). The van der Waals surface area contributed by atoms with E-state index in [0.717, 1.165) is 10.0 Å². The Bertz CT molecular complexity index is 1340. The van der Waals surface area contributed by atoms with E-state index < -0.39 is 21.6 Å². The maximum atomic E-state index is 13.1. The first-order chi connectivity index (χ1) is 13.9.